The van der Waals surface area contributed by atoms with Crippen molar-refractivity contribution in [2.24, 2.45) is 0 Å². The number of carbonyl (C=O) groups excluding carboxylic acids is 1. The van der Waals surface area contributed by atoms with Crippen LogP contribution in [0.15, 0.2) is 41.0 Å². The van der Waals surface area contributed by atoms with Gasteiger partial charge in [-0.05, 0) is 24.6 Å². The minimum Gasteiger partial charge on any atom is -0.352 e. The number of hydrogen-bond acceptors (Lipinski definition) is 3. The fourth-order valence-electron chi connectivity index (χ4n) is 2.43. The Kier molecular flexibility index (Phi) is 4.99. The van der Waals surface area contributed by atoms with Crippen LogP contribution in [0.25, 0.3) is 16.9 Å². The van der Waals surface area contributed by atoms with Crippen LogP contribution in [0.3, 0.4) is 0 Å². The number of alkyl halides is 3. The molecule has 0 saturated heterocycles. The molecule has 0 saturated carbocycles. The number of amides is 1. The summed E-state index contributed by atoms with van der Waals surface area (Å²) in [4.78, 5) is 16.5. The fraction of sp³-hybridized carbons (Fsp3) is 0.235. The van der Waals surface area contributed by atoms with Crippen molar-refractivity contribution < 1.29 is 18.0 Å². The van der Waals surface area contributed by atoms with Crippen molar-refractivity contribution in [1.82, 2.24) is 19.9 Å². The normalized spacial score (nSPS) is 11.7. The summed E-state index contributed by atoms with van der Waals surface area (Å²) in [6.07, 6.45) is -2.83. The molecule has 0 aliphatic rings. The summed E-state index contributed by atoms with van der Waals surface area (Å²) < 4.78 is 41.9. The molecule has 5 nitrogen and oxygen atoms in total. The molecule has 0 aliphatic carbocycles. The average molecular weight is 427 g/mol. The predicted octanol–water partition coefficient (Wildman–Crippen LogP) is 4.32. The molecule has 0 radical (unpaired) electrons. The number of aromatic nitrogens is 3. The smallest absolute Gasteiger partial charge is 0.352 e. The lowest BCUT2D eigenvalue weighted by Gasteiger charge is -2.11. The Morgan fingerprint density at radius 2 is 1.96 bits per heavy atom. The lowest BCUT2D eigenvalue weighted by molar-refractivity contribution is -0.142. The number of carbonyl (C=O) groups is 1. The largest absolute Gasteiger partial charge is 0.433 e. The third kappa shape index (κ3) is 3.57. The SMILES string of the molecule is CCCNC(=O)c1cnn2c(C(F)(F)F)cc(-c3ccc(Br)cc3)nc12. The highest BCUT2D eigenvalue weighted by molar-refractivity contribution is 9.10. The van der Waals surface area contributed by atoms with Crippen molar-refractivity contribution in [3.05, 3.63) is 52.3 Å². The number of halogens is 4. The molecule has 2 heterocycles. The van der Waals surface area contributed by atoms with E-state index in [0.29, 0.717) is 23.0 Å². The Bertz CT molecular complexity index is 951. The first kappa shape index (κ1) is 18.4. The van der Waals surface area contributed by atoms with Gasteiger partial charge in [0.25, 0.3) is 5.91 Å². The second-order valence-electron chi connectivity index (χ2n) is 5.58. The maximum atomic E-state index is 13.5. The first-order valence-corrected chi connectivity index (χ1v) is 8.60. The molecule has 0 fully saturated rings. The van der Waals surface area contributed by atoms with Gasteiger partial charge in [0.2, 0.25) is 0 Å². The van der Waals surface area contributed by atoms with E-state index in [1.165, 1.54) is 0 Å². The van der Waals surface area contributed by atoms with Gasteiger partial charge in [-0.25, -0.2) is 9.50 Å². The van der Waals surface area contributed by atoms with Crippen LogP contribution in [0.1, 0.15) is 29.4 Å². The van der Waals surface area contributed by atoms with Gasteiger partial charge in [-0.3, -0.25) is 4.79 Å². The zero-order chi connectivity index (χ0) is 18.9. The quantitative estimate of drug-likeness (QED) is 0.675. The van der Waals surface area contributed by atoms with Gasteiger partial charge in [0.15, 0.2) is 11.3 Å². The lowest BCUT2D eigenvalue weighted by atomic mass is 10.1. The van der Waals surface area contributed by atoms with Crippen LogP contribution < -0.4 is 5.32 Å². The van der Waals surface area contributed by atoms with E-state index in [-0.39, 0.29) is 16.9 Å². The van der Waals surface area contributed by atoms with E-state index in [4.69, 9.17) is 0 Å². The Hall–Kier alpha value is -2.42. The average Bonchev–Trinajstić information content (AvgIpc) is 3.02. The molecule has 9 heteroatoms. The predicted molar refractivity (Wildman–Crippen MR) is 93.7 cm³/mol. The number of nitrogens with zero attached hydrogens (tertiary/aromatic N) is 3. The third-order valence-electron chi connectivity index (χ3n) is 3.68. The summed E-state index contributed by atoms with van der Waals surface area (Å²) in [5.41, 5.74) is -0.506. The third-order valence-corrected chi connectivity index (χ3v) is 4.21. The molecule has 1 amide bonds. The van der Waals surface area contributed by atoms with Crippen molar-refractivity contribution >= 4 is 27.5 Å². The first-order valence-electron chi connectivity index (χ1n) is 7.81. The summed E-state index contributed by atoms with van der Waals surface area (Å²) in [5, 5.41) is 6.36. The monoisotopic (exact) mass is 426 g/mol. The molecule has 1 N–H and O–H groups in total. The standard InChI is InChI=1S/C17H14BrF3N4O/c1-2-7-22-16(26)12-9-23-25-14(17(19,20)21)8-13(24-15(12)25)10-3-5-11(18)6-4-10/h3-6,8-9H,2,7H2,1H3,(H,22,26). The fourth-order valence-corrected chi connectivity index (χ4v) is 2.69. The van der Waals surface area contributed by atoms with Crippen LogP contribution in [0.4, 0.5) is 13.2 Å². The van der Waals surface area contributed by atoms with Crippen LogP contribution in [0.5, 0.6) is 0 Å². The van der Waals surface area contributed by atoms with Crippen LogP contribution >= 0.6 is 15.9 Å². The number of fused-ring (bicyclic) bond motifs is 1. The number of hydrogen-bond donors (Lipinski definition) is 1. The Balaban J connectivity index is 2.20. The van der Waals surface area contributed by atoms with E-state index in [0.717, 1.165) is 16.7 Å². The minimum atomic E-state index is -4.64. The highest BCUT2D eigenvalue weighted by atomic mass is 79.9. The molecule has 0 atom stereocenters. The van der Waals surface area contributed by atoms with Crippen molar-refractivity contribution in [3.63, 3.8) is 0 Å². The Morgan fingerprint density at radius 1 is 1.27 bits per heavy atom. The van der Waals surface area contributed by atoms with E-state index >= 15 is 0 Å². The second-order valence-corrected chi connectivity index (χ2v) is 6.50. The topological polar surface area (TPSA) is 59.3 Å². The summed E-state index contributed by atoms with van der Waals surface area (Å²) >= 11 is 3.29. The first-order chi connectivity index (χ1) is 12.3. The van der Waals surface area contributed by atoms with Crippen LogP contribution in [-0.2, 0) is 6.18 Å². The molecular weight excluding hydrogens is 413 g/mol. The highest BCUT2D eigenvalue weighted by Crippen LogP contribution is 2.33. The van der Waals surface area contributed by atoms with Crippen molar-refractivity contribution in [3.8, 4) is 11.3 Å². The number of rotatable bonds is 4. The molecule has 1 aromatic carbocycles. The summed E-state index contributed by atoms with van der Waals surface area (Å²) in [6.45, 7) is 2.29. The van der Waals surface area contributed by atoms with Gasteiger partial charge in [0, 0.05) is 16.6 Å². The molecule has 26 heavy (non-hydrogen) atoms. The molecule has 0 aliphatic heterocycles. The molecule has 3 aromatic rings. The molecule has 0 spiro atoms. The second kappa shape index (κ2) is 7.06. The van der Waals surface area contributed by atoms with Crippen LogP contribution in [0, 0.1) is 0 Å². The zero-order valence-electron chi connectivity index (χ0n) is 13.6. The molecule has 136 valence electrons. The van der Waals surface area contributed by atoms with Crippen LogP contribution in [0.2, 0.25) is 0 Å². The van der Waals surface area contributed by atoms with Crippen molar-refractivity contribution in [2.75, 3.05) is 6.54 Å². The van der Waals surface area contributed by atoms with Gasteiger partial charge in [0.05, 0.1) is 11.9 Å². The molecule has 0 bridgehead atoms. The van der Waals surface area contributed by atoms with E-state index in [1.807, 2.05) is 6.92 Å². The van der Waals surface area contributed by atoms with E-state index in [1.54, 1.807) is 24.3 Å². The molecule has 3 rings (SSSR count). The van der Waals surface area contributed by atoms with Gasteiger partial charge in [-0.15, -0.1) is 0 Å². The zero-order valence-corrected chi connectivity index (χ0v) is 15.2. The molecule has 2 aromatic heterocycles. The lowest BCUT2D eigenvalue weighted by Crippen LogP contribution is -2.24. The summed E-state index contributed by atoms with van der Waals surface area (Å²) in [7, 11) is 0. The maximum Gasteiger partial charge on any atom is 0.433 e. The van der Waals surface area contributed by atoms with Gasteiger partial charge in [-0.1, -0.05) is 35.0 Å². The number of benzene rings is 1. The van der Waals surface area contributed by atoms with E-state index in [9.17, 15) is 18.0 Å². The summed E-state index contributed by atoms with van der Waals surface area (Å²) in [5.74, 6) is -0.504. The van der Waals surface area contributed by atoms with Crippen LogP contribution in [-0.4, -0.2) is 27.0 Å². The van der Waals surface area contributed by atoms with E-state index in [2.05, 4.69) is 31.3 Å². The number of nitrogens with one attached hydrogen (secondary N) is 1. The minimum absolute atomic E-state index is 0.00270. The molecular formula is C17H14BrF3N4O. The Morgan fingerprint density at radius 3 is 2.58 bits per heavy atom. The van der Waals surface area contributed by atoms with Gasteiger partial charge in [0.1, 0.15) is 5.56 Å². The Labute approximate surface area is 155 Å². The highest BCUT2D eigenvalue weighted by Gasteiger charge is 2.36. The van der Waals surface area contributed by atoms with Gasteiger partial charge < -0.3 is 5.32 Å². The van der Waals surface area contributed by atoms with Gasteiger partial charge >= 0.3 is 6.18 Å². The van der Waals surface area contributed by atoms with Gasteiger partial charge in [-0.2, -0.15) is 18.3 Å². The van der Waals surface area contributed by atoms with E-state index < -0.39 is 17.8 Å². The molecule has 0 unspecified atom stereocenters. The summed E-state index contributed by atoms with van der Waals surface area (Å²) in [6, 6.07) is 7.64. The van der Waals surface area contributed by atoms with Crippen molar-refractivity contribution in [1.29, 1.82) is 0 Å². The maximum absolute atomic E-state index is 13.5. The van der Waals surface area contributed by atoms with Crippen molar-refractivity contribution in [2.45, 2.75) is 19.5 Å².